The van der Waals surface area contributed by atoms with Gasteiger partial charge in [-0.1, -0.05) is 0 Å². The summed E-state index contributed by atoms with van der Waals surface area (Å²) < 4.78 is 39.9. The second-order valence-corrected chi connectivity index (χ2v) is 4.23. The van der Waals surface area contributed by atoms with Gasteiger partial charge in [-0.25, -0.2) is 0 Å². The zero-order chi connectivity index (χ0) is 13.5. The Morgan fingerprint density at radius 1 is 1.33 bits per heavy atom. The third kappa shape index (κ3) is 1.92. The van der Waals surface area contributed by atoms with Gasteiger partial charge < -0.3 is 0 Å². The van der Waals surface area contributed by atoms with Crippen molar-refractivity contribution in [2.75, 3.05) is 0 Å². The molecule has 0 unspecified atom stereocenters. The predicted molar refractivity (Wildman–Crippen MR) is 59.8 cm³/mol. The van der Waals surface area contributed by atoms with E-state index in [-0.39, 0.29) is 17.0 Å². The van der Waals surface area contributed by atoms with Crippen LogP contribution in [-0.4, -0.2) is 9.78 Å². The van der Waals surface area contributed by atoms with Crippen molar-refractivity contribution in [3.05, 3.63) is 29.5 Å². The number of halogens is 3. The Hall–Kier alpha value is -2.03. The normalized spacial score (nSPS) is 12.1. The molecule has 0 fully saturated rings. The zero-order valence-electron chi connectivity index (χ0n) is 9.78. The first kappa shape index (κ1) is 12.4. The first-order valence-corrected chi connectivity index (χ1v) is 5.34. The van der Waals surface area contributed by atoms with Crippen LogP contribution in [0, 0.1) is 11.3 Å². The number of hydrogen-bond donors (Lipinski definition) is 0. The summed E-state index contributed by atoms with van der Waals surface area (Å²) in [6.07, 6.45) is -4.52. The molecule has 1 heterocycles. The number of nitrogens with zero attached hydrogens (tertiary/aromatic N) is 3. The van der Waals surface area contributed by atoms with E-state index in [0.29, 0.717) is 5.52 Å². The zero-order valence-corrected chi connectivity index (χ0v) is 9.78. The minimum Gasteiger partial charge on any atom is -0.262 e. The van der Waals surface area contributed by atoms with Gasteiger partial charge in [-0.3, -0.25) is 4.68 Å². The van der Waals surface area contributed by atoms with Gasteiger partial charge in [-0.15, -0.1) is 0 Å². The van der Waals surface area contributed by atoms with Gasteiger partial charge in [0.05, 0.1) is 17.1 Å². The number of benzene rings is 1. The Balaban J connectivity index is 2.82. The fourth-order valence-corrected chi connectivity index (χ4v) is 1.81. The number of fused-ring (bicyclic) bond motifs is 1. The van der Waals surface area contributed by atoms with E-state index in [1.165, 1.54) is 22.9 Å². The molecular weight excluding hydrogens is 243 g/mol. The van der Waals surface area contributed by atoms with Gasteiger partial charge in [0.2, 0.25) is 0 Å². The second-order valence-electron chi connectivity index (χ2n) is 4.23. The van der Waals surface area contributed by atoms with Crippen LogP contribution in [0.15, 0.2) is 18.2 Å². The number of hydrogen-bond acceptors (Lipinski definition) is 2. The lowest BCUT2D eigenvalue weighted by molar-refractivity contribution is -0.140. The van der Waals surface area contributed by atoms with Crippen molar-refractivity contribution in [2.24, 2.45) is 0 Å². The molecule has 0 amide bonds. The molecule has 1 aromatic heterocycles. The molecule has 6 heteroatoms. The maximum atomic E-state index is 12.9. The third-order valence-corrected chi connectivity index (χ3v) is 2.59. The summed E-state index contributed by atoms with van der Waals surface area (Å²) in [4.78, 5) is 0. The lowest BCUT2D eigenvalue weighted by Crippen LogP contribution is -2.09. The Labute approximate surface area is 101 Å². The Kier molecular flexibility index (Phi) is 2.77. The fraction of sp³-hybridized carbons (Fsp3) is 0.333. The molecule has 0 bridgehead atoms. The highest BCUT2D eigenvalue weighted by atomic mass is 19.4. The first-order chi connectivity index (χ1) is 8.34. The molecule has 0 aliphatic rings. The first-order valence-electron chi connectivity index (χ1n) is 5.34. The smallest absolute Gasteiger partial charge is 0.262 e. The van der Waals surface area contributed by atoms with Crippen LogP contribution < -0.4 is 0 Å². The summed E-state index contributed by atoms with van der Waals surface area (Å²) in [5.74, 6) is 0. The van der Waals surface area contributed by atoms with Gasteiger partial charge in [0.1, 0.15) is 0 Å². The van der Waals surface area contributed by atoms with Gasteiger partial charge in [0.15, 0.2) is 5.69 Å². The summed E-state index contributed by atoms with van der Waals surface area (Å²) in [5, 5.41) is 12.3. The number of aromatic nitrogens is 2. The van der Waals surface area contributed by atoms with E-state index in [1.54, 1.807) is 13.8 Å². The van der Waals surface area contributed by atoms with Gasteiger partial charge in [-0.05, 0) is 32.0 Å². The molecule has 0 aliphatic heterocycles. The van der Waals surface area contributed by atoms with Crippen LogP contribution in [-0.2, 0) is 6.18 Å². The number of nitriles is 1. The molecule has 18 heavy (non-hydrogen) atoms. The van der Waals surface area contributed by atoms with Gasteiger partial charge >= 0.3 is 6.18 Å². The van der Waals surface area contributed by atoms with Gasteiger partial charge in [0, 0.05) is 11.4 Å². The number of rotatable bonds is 1. The van der Waals surface area contributed by atoms with Crippen molar-refractivity contribution in [1.29, 1.82) is 5.26 Å². The van der Waals surface area contributed by atoms with Crippen molar-refractivity contribution >= 4 is 10.9 Å². The second kappa shape index (κ2) is 4.02. The predicted octanol–water partition coefficient (Wildman–Crippen LogP) is 3.51. The largest absolute Gasteiger partial charge is 0.435 e. The van der Waals surface area contributed by atoms with Crippen LogP contribution in [0.1, 0.15) is 31.1 Å². The molecule has 0 spiro atoms. The van der Waals surface area contributed by atoms with Gasteiger partial charge in [-0.2, -0.15) is 23.5 Å². The highest BCUT2D eigenvalue weighted by Gasteiger charge is 2.37. The summed E-state index contributed by atoms with van der Waals surface area (Å²) in [5.41, 5.74) is -0.365. The third-order valence-electron chi connectivity index (χ3n) is 2.59. The van der Waals surface area contributed by atoms with E-state index in [4.69, 9.17) is 5.26 Å². The quantitative estimate of drug-likeness (QED) is 0.780. The SMILES string of the molecule is CC(C)n1nc(C(F)(F)F)c2cc(C#N)ccc21. The van der Waals surface area contributed by atoms with Crippen molar-refractivity contribution in [2.45, 2.75) is 26.1 Å². The molecule has 0 N–H and O–H groups in total. The van der Waals surface area contributed by atoms with Crippen LogP contribution in [0.2, 0.25) is 0 Å². The topological polar surface area (TPSA) is 41.6 Å². The van der Waals surface area contributed by atoms with E-state index < -0.39 is 11.9 Å². The maximum absolute atomic E-state index is 12.9. The van der Waals surface area contributed by atoms with Crippen molar-refractivity contribution in [1.82, 2.24) is 9.78 Å². The molecule has 1 aromatic carbocycles. The van der Waals surface area contributed by atoms with Crippen molar-refractivity contribution in [3.8, 4) is 6.07 Å². The average molecular weight is 253 g/mol. The molecule has 0 aliphatic carbocycles. The molecule has 3 nitrogen and oxygen atoms in total. The fourth-order valence-electron chi connectivity index (χ4n) is 1.81. The summed E-state index contributed by atoms with van der Waals surface area (Å²) in [6, 6.07) is 5.86. The molecule has 94 valence electrons. The minimum atomic E-state index is -4.52. The molecule has 2 rings (SSSR count). The average Bonchev–Trinajstić information content (AvgIpc) is 2.66. The van der Waals surface area contributed by atoms with Crippen LogP contribution in [0.25, 0.3) is 10.9 Å². The van der Waals surface area contributed by atoms with E-state index in [1.807, 2.05) is 6.07 Å². The Bertz CT molecular complexity index is 632. The molecule has 0 saturated carbocycles. The summed E-state index contributed by atoms with van der Waals surface area (Å²) in [6.45, 7) is 3.51. The van der Waals surface area contributed by atoms with Crippen LogP contribution >= 0.6 is 0 Å². The Morgan fingerprint density at radius 3 is 2.50 bits per heavy atom. The minimum absolute atomic E-state index is 0.0322. The molecule has 0 atom stereocenters. The van der Waals surface area contributed by atoms with Crippen LogP contribution in [0.5, 0.6) is 0 Å². The Morgan fingerprint density at radius 2 is 2.00 bits per heavy atom. The highest BCUT2D eigenvalue weighted by molar-refractivity contribution is 5.84. The van der Waals surface area contributed by atoms with Crippen LogP contribution in [0.4, 0.5) is 13.2 Å². The lowest BCUT2D eigenvalue weighted by Gasteiger charge is -2.06. The summed E-state index contributed by atoms with van der Waals surface area (Å²) >= 11 is 0. The van der Waals surface area contributed by atoms with Crippen molar-refractivity contribution < 1.29 is 13.2 Å². The standard InChI is InChI=1S/C12H10F3N3/c1-7(2)18-10-4-3-8(6-16)5-9(10)11(17-18)12(13,14)15/h3-5,7H,1-2H3. The van der Waals surface area contributed by atoms with E-state index in [0.717, 1.165) is 0 Å². The molecule has 2 aromatic rings. The highest BCUT2D eigenvalue weighted by Crippen LogP contribution is 2.35. The van der Waals surface area contributed by atoms with Crippen LogP contribution in [0.3, 0.4) is 0 Å². The monoisotopic (exact) mass is 253 g/mol. The lowest BCUT2D eigenvalue weighted by atomic mass is 10.1. The molecular formula is C12H10F3N3. The van der Waals surface area contributed by atoms with Crippen molar-refractivity contribution in [3.63, 3.8) is 0 Å². The maximum Gasteiger partial charge on any atom is 0.435 e. The van der Waals surface area contributed by atoms with E-state index in [2.05, 4.69) is 5.10 Å². The molecule has 0 radical (unpaired) electrons. The van der Waals surface area contributed by atoms with E-state index in [9.17, 15) is 13.2 Å². The summed E-state index contributed by atoms with van der Waals surface area (Å²) in [7, 11) is 0. The van der Waals surface area contributed by atoms with Gasteiger partial charge in [0.25, 0.3) is 0 Å². The van der Waals surface area contributed by atoms with E-state index >= 15 is 0 Å². The molecule has 0 saturated heterocycles. The number of alkyl halides is 3.